The SMILES string of the molecule is CC(=O)Nc1ccc(CN2CC[C@H](c3nc4ccccc4[nH]3)C2)cc1. The molecule has 128 valence electrons. The third-order valence-electron chi connectivity index (χ3n) is 4.75. The number of nitrogens with zero attached hydrogens (tertiary/aromatic N) is 2. The van der Waals surface area contributed by atoms with Gasteiger partial charge < -0.3 is 10.3 Å². The van der Waals surface area contributed by atoms with E-state index in [-0.39, 0.29) is 5.91 Å². The zero-order valence-corrected chi connectivity index (χ0v) is 14.3. The number of nitrogens with one attached hydrogen (secondary N) is 2. The van der Waals surface area contributed by atoms with Crippen molar-refractivity contribution in [1.82, 2.24) is 14.9 Å². The van der Waals surface area contributed by atoms with Crippen LogP contribution in [0.2, 0.25) is 0 Å². The van der Waals surface area contributed by atoms with Crippen LogP contribution in [0.25, 0.3) is 11.0 Å². The molecule has 1 fully saturated rings. The van der Waals surface area contributed by atoms with E-state index in [1.165, 1.54) is 12.5 Å². The van der Waals surface area contributed by atoms with E-state index < -0.39 is 0 Å². The highest BCUT2D eigenvalue weighted by Gasteiger charge is 2.26. The molecule has 5 heteroatoms. The van der Waals surface area contributed by atoms with Gasteiger partial charge in [-0.1, -0.05) is 24.3 Å². The van der Waals surface area contributed by atoms with Crippen LogP contribution in [0.15, 0.2) is 48.5 Å². The lowest BCUT2D eigenvalue weighted by atomic mass is 10.1. The number of aromatic nitrogens is 2. The van der Waals surface area contributed by atoms with E-state index in [1.807, 2.05) is 24.3 Å². The summed E-state index contributed by atoms with van der Waals surface area (Å²) in [6.45, 7) is 4.55. The molecule has 0 aliphatic carbocycles. The number of imidazole rings is 1. The average Bonchev–Trinajstić information content (AvgIpc) is 3.22. The number of hydrogen-bond donors (Lipinski definition) is 2. The highest BCUT2D eigenvalue weighted by molar-refractivity contribution is 5.88. The molecule has 0 spiro atoms. The predicted molar refractivity (Wildman–Crippen MR) is 99.5 cm³/mol. The smallest absolute Gasteiger partial charge is 0.221 e. The van der Waals surface area contributed by atoms with Gasteiger partial charge in [0, 0.05) is 31.6 Å². The zero-order chi connectivity index (χ0) is 17.2. The summed E-state index contributed by atoms with van der Waals surface area (Å²) >= 11 is 0. The lowest BCUT2D eigenvalue weighted by Gasteiger charge is -2.16. The number of hydrogen-bond acceptors (Lipinski definition) is 3. The van der Waals surface area contributed by atoms with Gasteiger partial charge in [0.15, 0.2) is 0 Å². The van der Waals surface area contributed by atoms with Crippen LogP contribution in [0.4, 0.5) is 5.69 Å². The Morgan fingerprint density at radius 1 is 1.24 bits per heavy atom. The molecule has 0 saturated carbocycles. The van der Waals surface area contributed by atoms with Gasteiger partial charge in [-0.25, -0.2) is 4.98 Å². The van der Waals surface area contributed by atoms with Crippen LogP contribution in [0.5, 0.6) is 0 Å². The van der Waals surface area contributed by atoms with E-state index in [1.54, 1.807) is 0 Å². The monoisotopic (exact) mass is 334 g/mol. The Labute approximate surface area is 147 Å². The van der Waals surface area contributed by atoms with Crippen molar-refractivity contribution in [2.75, 3.05) is 18.4 Å². The van der Waals surface area contributed by atoms with Crippen LogP contribution in [-0.2, 0) is 11.3 Å². The molecule has 0 radical (unpaired) electrons. The minimum Gasteiger partial charge on any atom is -0.342 e. The Balaban J connectivity index is 1.39. The summed E-state index contributed by atoms with van der Waals surface area (Å²) < 4.78 is 0. The van der Waals surface area contributed by atoms with Gasteiger partial charge in [0.2, 0.25) is 5.91 Å². The van der Waals surface area contributed by atoms with Crippen molar-refractivity contribution in [1.29, 1.82) is 0 Å². The highest BCUT2D eigenvalue weighted by Crippen LogP contribution is 2.28. The van der Waals surface area contributed by atoms with E-state index in [2.05, 4.69) is 39.5 Å². The second-order valence-electron chi connectivity index (χ2n) is 6.74. The Morgan fingerprint density at radius 2 is 2.04 bits per heavy atom. The number of amides is 1. The number of rotatable bonds is 4. The number of anilines is 1. The lowest BCUT2D eigenvalue weighted by molar-refractivity contribution is -0.114. The summed E-state index contributed by atoms with van der Waals surface area (Å²) in [6, 6.07) is 16.3. The third kappa shape index (κ3) is 3.56. The molecule has 0 bridgehead atoms. The molecule has 25 heavy (non-hydrogen) atoms. The van der Waals surface area contributed by atoms with Crippen molar-refractivity contribution in [2.24, 2.45) is 0 Å². The number of carbonyl (C=O) groups excluding carboxylic acids is 1. The van der Waals surface area contributed by atoms with Crippen molar-refractivity contribution in [3.8, 4) is 0 Å². The number of para-hydroxylation sites is 2. The van der Waals surface area contributed by atoms with Gasteiger partial charge in [0.05, 0.1) is 11.0 Å². The molecule has 2 N–H and O–H groups in total. The van der Waals surface area contributed by atoms with Gasteiger partial charge in [0.25, 0.3) is 0 Å². The largest absolute Gasteiger partial charge is 0.342 e. The van der Waals surface area contributed by atoms with Crippen molar-refractivity contribution in [3.05, 3.63) is 59.9 Å². The normalized spacial score (nSPS) is 17.9. The molecular weight excluding hydrogens is 312 g/mol. The van der Waals surface area contributed by atoms with Gasteiger partial charge in [-0.3, -0.25) is 9.69 Å². The molecule has 2 aromatic carbocycles. The van der Waals surface area contributed by atoms with Crippen LogP contribution >= 0.6 is 0 Å². The number of likely N-dealkylation sites (tertiary alicyclic amines) is 1. The summed E-state index contributed by atoms with van der Waals surface area (Å²) in [5.74, 6) is 1.52. The lowest BCUT2D eigenvalue weighted by Crippen LogP contribution is -2.20. The minimum atomic E-state index is -0.0408. The molecule has 5 nitrogen and oxygen atoms in total. The van der Waals surface area contributed by atoms with E-state index in [0.29, 0.717) is 5.92 Å². The fourth-order valence-corrected chi connectivity index (χ4v) is 3.52. The second kappa shape index (κ2) is 6.69. The molecule has 0 unspecified atom stereocenters. The van der Waals surface area contributed by atoms with E-state index in [0.717, 1.165) is 48.6 Å². The highest BCUT2D eigenvalue weighted by atomic mass is 16.1. The number of aromatic amines is 1. The van der Waals surface area contributed by atoms with Gasteiger partial charge in [-0.2, -0.15) is 0 Å². The van der Waals surface area contributed by atoms with E-state index in [4.69, 9.17) is 4.98 Å². The molecule has 1 atom stereocenters. The second-order valence-corrected chi connectivity index (χ2v) is 6.74. The summed E-state index contributed by atoms with van der Waals surface area (Å²) in [5.41, 5.74) is 4.27. The van der Waals surface area contributed by atoms with Gasteiger partial charge >= 0.3 is 0 Å². The Hall–Kier alpha value is -2.66. The van der Waals surface area contributed by atoms with Crippen LogP contribution in [0.3, 0.4) is 0 Å². The first-order valence-corrected chi connectivity index (χ1v) is 8.71. The fraction of sp³-hybridized carbons (Fsp3) is 0.300. The van der Waals surface area contributed by atoms with Gasteiger partial charge in [0.1, 0.15) is 5.82 Å². The molecule has 3 aromatic rings. The molecule has 4 rings (SSSR count). The Morgan fingerprint density at radius 3 is 2.80 bits per heavy atom. The van der Waals surface area contributed by atoms with Crippen LogP contribution in [-0.4, -0.2) is 33.9 Å². The zero-order valence-electron chi connectivity index (χ0n) is 14.3. The molecule has 1 aliphatic rings. The van der Waals surface area contributed by atoms with E-state index >= 15 is 0 Å². The Bertz CT molecular complexity index is 851. The minimum absolute atomic E-state index is 0.0408. The topological polar surface area (TPSA) is 61.0 Å². The summed E-state index contributed by atoms with van der Waals surface area (Å²) in [6.07, 6.45) is 1.13. The first-order chi connectivity index (χ1) is 12.2. The summed E-state index contributed by atoms with van der Waals surface area (Å²) in [7, 11) is 0. The van der Waals surface area contributed by atoms with Crippen molar-refractivity contribution in [3.63, 3.8) is 0 Å². The summed E-state index contributed by atoms with van der Waals surface area (Å²) in [4.78, 5) is 21.8. The average molecular weight is 334 g/mol. The van der Waals surface area contributed by atoms with E-state index in [9.17, 15) is 4.79 Å². The maximum Gasteiger partial charge on any atom is 0.221 e. The van der Waals surface area contributed by atoms with Crippen molar-refractivity contribution < 1.29 is 4.79 Å². The van der Waals surface area contributed by atoms with Gasteiger partial charge in [-0.15, -0.1) is 0 Å². The number of carbonyl (C=O) groups is 1. The molecule has 1 aromatic heterocycles. The third-order valence-corrected chi connectivity index (χ3v) is 4.75. The van der Waals surface area contributed by atoms with Crippen LogP contribution in [0.1, 0.15) is 30.7 Å². The predicted octanol–water partition coefficient (Wildman–Crippen LogP) is 3.51. The number of H-pyrrole nitrogens is 1. The number of benzene rings is 2. The first-order valence-electron chi connectivity index (χ1n) is 8.71. The van der Waals surface area contributed by atoms with Gasteiger partial charge in [-0.05, 0) is 42.8 Å². The Kier molecular flexibility index (Phi) is 4.24. The molecular formula is C20H22N4O. The molecule has 1 amide bonds. The van der Waals surface area contributed by atoms with Crippen molar-refractivity contribution >= 4 is 22.6 Å². The van der Waals surface area contributed by atoms with Crippen LogP contribution < -0.4 is 5.32 Å². The van der Waals surface area contributed by atoms with Crippen molar-refractivity contribution in [2.45, 2.75) is 25.8 Å². The fourth-order valence-electron chi connectivity index (χ4n) is 3.52. The quantitative estimate of drug-likeness (QED) is 0.767. The molecule has 2 heterocycles. The molecule has 1 saturated heterocycles. The maximum atomic E-state index is 11.1. The standard InChI is InChI=1S/C20H22N4O/c1-14(25)21-17-8-6-15(7-9-17)12-24-11-10-16(13-24)20-22-18-4-2-3-5-19(18)23-20/h2-9,16H,10-13H2,1H3,(H,21,25)(H,22,23)/t16-/m0/s1. The molecule has 1 aliphatic heterocycles. The van der Waals surface area contributed by atoms with Crippen LogP contribution in [0, 0.1) is 0 Å². The maximum absolute atomic E-state index is 11.1. The number of fused-ring (bicyclic) bond motifs is 1. The first kappa shape index (κ1) is 15.8. The summed E-state index contributed by atoms with van der Waals surface area (Å²) in [5, 5.41) is 2.80.